The van der Waals surface area contributed by atoms with Crippen LogP contribution in [-0.2, 0) is 12.7 Å². The first-order chi connectivity index (χ1) is 11.8. The van der Waals surface area contributed by atoms with E-state index >= 15 is 0 Å². The zero-order chi connectivity index (χ0) is 18.0. The van der Waals surface area contributed by atoms with Gasteiger partial charge in [0.2, 0.25) is 5.76 Å². The molecule has 134 valence electrons. The molecule has 2 aromatic rings. The number of carbonyl (C=O) groups is 1. The molecule has 3 heterocycles. The van der Waals surface area contributed by atoms with E-state index in [0.29, 0.717) is 32.0 Å². The topological polar surface area (TPSA) is 81.2 Å². The van der Waals surface area contributed by atoms with E-state index in [2.05, 4.69) is 10.1 Å². The molecular formula is C15H15F3N4O3. The first-order valence-electron chi connectivity index (χ1n) is 7.68. The van der Waals surface area contributed by atoms with Crippen LogP contribution in [0.3, 0.4) is 0 Å². The molecule has 1 aliphatic heterocycles. The Morgan fingerprint density at radius 2 is 2.04 bits per heavy atom. The van der Waals surface area contributed by atoms with Gasteiger partial charge in [0.15, 0.2) is 5.69 Å². The highest BCUT2D eigenvalue weighted by atomic mass is 19.4. The van der Waals surface area contributed by atoms with Gasteiger partial charge in [-0.1, -0.05) is 5.16 Å². The molecule has 1 saturated heterocycles. The van der Waals surface area contributed by atoms with E-state index in [1.807, 2.05) is 0 Å². The van der Waals surface area contributed by atoms with Gasteiger partial charge in [0.25, 0.3) is 11.5 Å². The van der Waals surface area contributed by atoms with Crippen LogP contribution in [0.1, 0.15) is 29.1 Å². The molecule has 1 amide bonds. The van der Waals surface area contributed by atoms with Crippen LogP contribution < -0.4 is 5.56 Å². The van der Waals surface area contributed by atoms with Crippen molar-refractivity contribution in [3.63, 3.8) is 0 Å². The van der Waals surface area contributed by atoms with Crippen LogP contribution in [0.15, 0.2) is 34.0 Å². The molecule has 25 heavy (non-hydrogen) atoms. The number of rotatable bonds is 3. The lowest BCUT2D eigenvalue weighted by Gasteiger charge is -2.31. The predicted molar refractivity (Wildman–Crippen MR) is 78.6 cm³/mol. The molecule has 0 aromatic carbocycles. The number of piperidine rings is 1. The maximum Gasteiger partial charge on any atom is 0.433 e. The number of hydrogen-bond donors (Lipinski definition) is 0. The van der Waals surface area contributed by atoms with Crippen molar-refractivity contribution in [3.8, 4) is 0 Å². The largest absolute Gasteiger partial charge is 0.433 e. The molecule has 0 aliphatic carbocycles. The van der Waals surface area contributed by atoms with Gasteiger partial charge in [0, 0.05) is 31.8 Å². The molecule has 7 nitrogen and oxygen atoms in total. The molecule has 1 fully saturated rings. The molecule has 1 aliphatic rings. The molecular weight excluding hydrogens is 341 g/mol. The molecule has 0 atom stereocenters. The molecule has 0 bridgehead atoms. The summed E-state index contributed by atoms with van der Waals surface area (Å²) in [4.78, 5) is 28.9. The van der Waals surface area contributed by atoms with Gasteiger partial charge in [0.05, 0.1) is 12.5 Å². The monoisotopic (exact) mass is 356 g/mol. The van der Waals surface area contributed by atoms with Crippen molar-refractivity contribution >= 4 is 5.91 Å². The third-order valence-electron chi connectivity index (χ3n) is 4.18. The second-order valence-corrected chi connectivity index (χ2v) is 5.87. The lowest BCUT2D eigenvalue weighted by molar-refractivity contribution is -0.141. The number of alkyl halides is 3. The lowest BCUT2D eigenvalue weighted by atomic mass is 9.96. The van der Waals surface area contributed by atoms with E-state index in [1.165, 1.54) is 16.8 Å². The van der Waals surface area contributed by atoms with Crippen molar-refractivity contribution in [2.75, 3.05) is 13.1 Å². The van der Waals surface area contributed by atoms with Crippen LogP contribution in [0.2, 0.25) is 0 Å². The molecule has 0 N–H and O–H groups in total. The van der Waals surface area contributed by atoms with E-state index in [-0.39, 0.29) is 24.1 Å². The number of carbonyl (C=O) groups excluding carboxylic acids is 1. The Balaban J connectivity index is 1.59. The van der Waals surface area contributed by atoms with Gasteiger partial charge in [-0.2, -0.15) is 13.2 Å². The van der Waals surface area contributed by atoms with Crippen molar-refractivity contribution in [2.45, 2.75) is 25.6 Å². The Morgan fingerprint density at radius 3 is 2.60 bits per heavy atom. The number of likely N-dealkylation sites (tertiary alicyclic amines) is 1. The first kappa shape index (κ1) is 17.2. The highest BCUT2D eigenvalue weighted by Crippen LogP contribution is 2.26. The van der Waals surface area contributed by atoms with E-state index in [9.17, 15) is 22.8 Å². The summed E-state index contributed by atoms with van der Waals surface area (Å²) >= 11 is 0. The average Bonchev–Trinajstić information content (AvgIpc) is 3.10. The van der Waals surface area contributed by atoms with Crippen molar-refractivity contribution < 1.29 is 22.5 Å². The maximum atomic E-state index is 12.5. The van der Waals surface area contributed by atoms with Gasteiger partial charge in [-0.3, -0.25) is 14.2 Å². The quantitative estimate of drug-likeness (QED) is 0.838. The van der Waals surface area contributed by atoms with Crippen LogP contribution in [-0.4, -0.2) is 38.6 Å². The molecule has 10 heteroatoms. The molecule has 0 radical (unpaired) electrons. The van der Waals surface area contributed by atoms with E-state index in [1.54, 1.807) is 4.90 Å². The minimum Gasteiger partial charge on any atom is -0.351 e. The first-order valence-corrected chi connectivity index (χ1v) is 7.68. The van der Waals surface area contributed by atoms with Crippen molar-refractivity contribution in [1.82, 2.24) is 19.6 Å². The summed E-state index contributed by atoms with van der Waals surface area (Å²) in [5.74, 6) is 0.000866. The Hall–Kier alpha value is -2.65. The zero-order valence-electron chi connectivity index (χ0n) is 13.1. The summed E-state index contributed by atoms with van der Waals surface area (Å²) in [6, 6.07) is 1.99. The van der Waals surface area contributed by atoms with Gasteiger partial charge in [-0.25, -0.2) is 4.98 Å². The molecule has 3 rings (SSSR count). The predicted octanol–water partition coefficient (Wildman–Crippen LogP) is 1.80. The van der Waals surface area contributed by atoms with Gasteiger partial charge >= 0.3 is 6.18 Å². The number of amides is 1. The molecule has 0 unspecified atom stereocenters. The highest BCUT2D eigenvalue weighted by Gasteiger charge is 2.33. The minimum atomic E-state index is -4.63. The fourth-order valence-corrected chi connectivity index (χ4v) is 2.80. The van der Waals surface area contributed by atoms with Gasteiger partial charge in [-0.05, 0) is 18.8 Å². The van der Waals surface area contributed by atoms with E-state index in [0.717, 1.165) is 6.33 Å². The van der Waals surface area contributed by atoms with Crippen molar-refractivity contribution in [2.24, 2.45) is 5.92 Å². The van der Waals surface area contributed by atoms with Crippen LogP contribution in [0.25, 0.3) is 0 Å². The van der Waals surface area contributed by atoms with Crippen molar-refractivity contribution in [1.29, 1.82) is 0 Å². The second kappa shape index (κ2) is 6.69. The van der Waals surface area contributed by atoms with Gasteiger partial charge in [-0.15, -0.1) is 0 Å². The Bertz CT molecular complexity index is 793. The van der Waals surface area contributed by atoms with E-state index < -0.39 is 17.4 Å². The smallest absolute Gasteiger partial charge is 0.351 e. The molecule has 0 spiro atoms. The highest BCUT2D eigenvalue weighted by molar-refractivity contribution is 5.91. The van der Waals surface area contributed by atoms with Crippen LogP contribution in [0.5, 0.6) is 0 Å². The summed E-state index contributed by atoms with van der Waals surface area (Å²) in [5.41, 5.74) is -1.93. The Kier molecular flexibility index (Phi) is 4.60. The average molecular weight is 356 g/mol. The minimum absolute atomic E-state index is 0.0787. The number of aromatic nitrogens is 3. The summed E-state index contributed by atoms with van der Waals surface area (Å²) in [5, 5.41) is 3.50. The standard InChI is InChI=1S/C15H15F3N4O3/c16-15(17,18)12-7-13(23)22(9-19-12)8-10-2-5-21(6-3-10)14(24)11-1-4-20-25-11/h1,4,7,9-10H,2-3,5-6,8H2. The van der Waals surface area contributed by atoms with Gasteiger partial charge < -0.3 is 9.42 Å². The SMILES string of the molecule is O=C(c1ccno1)N1CCC(Cn2cnc(C(F)(F)F)cc2=O)CC1. The van der Waals surface area contributed by atoms with Crippen molar-refractivity contribution in [3.05, 3.63) is 46.5 Å². The molecule has 2 aromatic heterocycles. The number of halogens is 3. The Morgan fingerprint density at radius 1 is 1.32 bits per heavy atom. The molecule has 0 saturated carbocycles. The summed E-state index contributed by atoms with van der Waals surface area (Å²) in [6.45, 7) is 1.23. The Labute approximate surface area is 140 Å². The van der Waals surface area contributed by atoms with Gasteiger partial charge in [0.1, 0.15) is 0 Å². The fraction of sp³-hybridized carbons (Fsp3) is 0.467. The lowest BCUT2D eigenvalue weighted by Crippen LogP contribution is -2.40. The zero-order valence-corrected chi connectivity index (χ0v) is 13.1. The third-order valence-corrected chi connectivity index (χ3v) is 4.18. The fourth-order valence-electron chi connectivity index (χ4n) is 2.80. The van der Waals surface area contributed by atoms with Crippen LogP contribution in [0.4, 0.5) is 13.2 Å². The van der Waals surface area contributed by atoms with E-state index in [4.69, 9.17) is 4.52 Å². The third kappa shape index (κ3) is 3.89. The number of hydrogen-bond acceptors (Lipinski definition) is 5. The number of nitrogens with zero attached hydrogens (tertiary/aromatic N) is 4. The normalized spacial score (nSPS) is 16.2. The summed E-state index contributed by atoms with van der Waals surface area (Å²) in [6.07, 6.45) is -1.05. The second-order valence-electron chi connectivity index (χ2n) is 5.87. The van der Waals surface area contributed by atoms with Crippen LogP contribution >= 0.6 is 0 Å². The summed E-state index contributed by atoms with van der Waals surface area (Å²) < 4.78 is 43.6. The van der Waals surface area contributed by atoms with Crippen LogP contribution in [0, 0.1) is 5.92 Å². The maximum absolute atomic E-state index is 12.5. The summed E-state index contributed by atoms with van der Waals surface area (Å²) in [7, 11) is 0.